The minimum atomic E-state index is -0.164. The Balaban J connectivity index is 1.34. The van der Waals surface area contributed by atoms with Crippen LogP contribution in [0.3, 0.4) is 0 Å². The van der Waals surface area contributed by atoms with Crippen LogP contribution in [0.4, 0.5) is 5.13 Å². The molecule has 3 unspecified atom stereocenters. The standard InChI is InChI=1S/C30H39N3O4S/c1-5-6-27(35)37-21-9-11-22-19(15-21)7-10-24-23(22)13-14-30(3)25(33-36-4)16-20(28(24)30)8-12-26(34)32-29-31-17-18(2)38-29/h9,11,15,17,20,23-24,28H,5-8,10,12-14,16H2,1-4H3,(H,31,32,34)/b33-25+/t20-,23?,24?,28?,30-/m1/s1. The van der Waals surface area contributed by atoms with Gasteiger partial charge in [0.15, 0.2) is 5.13 Å². The molecular weight excluding hydrogens is 498 g/mol. The van der Waals surface area contributed by atoms with E-state index in [4.69, 9.17) is 9.57 Å². The lowest BCUT2D eigenvalue weighted by atomic mass is 9.54. The minimum Gasteiger partial charge on any atom is -0.427 e. The van der Waals surface area contributed by atoms with Crippen molar-refractivity contribution in [1.82, 2.24) is 4.98 Å². The Morgan fingerprint density at radius 1 is 1.26 bits per heavy atom. The number of aryl methyl sites for hydroxylation is 2. The number of aromatic nitrogens is 1. The summed E-state index contributed by atoms with van der Waals surface area (Å²) in [6, 6.07) is 6.25. The maximum atomic E-state index is 12.8. The van der Waals surface area contributed by atoms with Crippen molar-refractivity contribution in [2.75, 3.05) is 12.4 Å². The number of oxime groups is 1. The number of rotatable bonds is 8. The van der Waals surface area contributed by atoms with Crippen LogP contribution in [0.1, 0.15) is 87.1 Å². The van der Waals surface area contributed by atoms with Gasteiger partial charge in [0.1, 0.15) is 12.9 Å². The highest BCUT2D eigenvalue weighted by atomic mass is 32.1. The second-order valence-electron chi connectivity index (χ2n) is 11.4. The molecule has 0 bridgehead atoms. The average molecular weight is 538 g/mol. The summed E-state index contributed by atoms with van der Waals surface area (Å²) in [5, 5.41) is 8.17. The Morgan fingerprint density at radius 3 is 2.84 bits per heavy atom. The summed E-state index contributed by atoms with van der Waals surface area (Å²) in [5.41, 5.74) is 3.88. The smallest absolute Gasteiger partial charge is 0.311 e. The predicted octanol–water partition coefficient (Wildman–Crippen LogP) is 6.66. The normalized spacial score (nSPS) is 28.8. The zero-order chi connectivity index (χ0) is 26.9. The number of nitrogens with one attached hydrogen (secondary N) is 1. The number of amides is 1. The molecule has 5 atom stereocenters. The van der Waals surface area contributed by atoms with Crippen molar-refractivity contribution in [1.29, 1.82) is 0 Å². The van der Waals surface area contributed by atoms with Gasteiger partial charge in [0.05, 0.1) is 5.71 Å². The van der Waals surface area contributed by atoms with E-state index < -0.39 is 0 Å². The second-order valence-corrected chi connectivity index (χ2v) is 12.7. The molecule has 0 aliphatic heterocycles. The highest BCUT2D eigenvalue weighted by molar-refractivity contribution is 7.15. The molecule has 3 aliphatic rings. The molecule has 0 spiro atoms. The van der Waals surface area contributed by atoms with Gasteiger partial charge in [0.25, 0.3) is 0 Å². The van der Waals surface area contributed by atoms with Crippen LogP contribution in [0.25, 0.3) is 0 Å². The van der Waals surface area contributed by atoms with E-state index in [-0.39, 0.29) is 17.3 Å². The van der Waals surface area contributed by atoms with E-state index in [9.17, 15) is 9.59 Å². The maximum Gasteiger partial charge on any atom is 0.311 e. The van der Waals surface area contributed by atoms with E-state index in [0.29, 0.717) is 47.4 Å². The fourth-order valence-electron chi connectivity index (χ4n) is 7.52. The first-order valence-corrected chi connectivity index (χ1v) is 14.8. The zero-order valence-corrected chi connectivity index (χ0v) is 23.7. The van der Waals surface area contributed by atoms with Crippen LogP contribution in [0, 0.1) is 30.1 Å². The van der Waals surface area contributed by atoms with E-state index >= 15 is 0 Å². The molecule has 5 rings (SSSR count). The molecule has 2 aromatic rings. The van der Waals surface area contributed by atoms with Crippen molar-refractivity contribution in [2.24, 2.45) is 28.3 Å². The Kier molecular flexibility index (Phi) is 7.89. The number of fused-ring (bicyclic) bond motifs is 5. The fraction of sp³-hybridized carbons (Fsp3) is 0.600. The quantitative estimate of drug-likeness (QED) is 0.231. The van der Waals surface area contributed by atoms with Crippen LogP contribution in [-0.4, -0.2) is 29.7 Å². The Labute approximate surface area is 229 Å². The third kappa shape index (κ3) is 5.24. The number of benzene rings is 1. The molecule has 1 N–H and O–H groups in total. The molecule has 7 nitrogen and oxygen atoms in total. The first kappa shape index (κ1) is 26.9. The van der Waals surface area contributed by atoms with Crippen molar-refractivity contribution in [3.8, 4) is 5.75 Å². The molecule has 38 heavy (non-hydrogen) atoms. The van der Waals surface area contributed by atoms with Crippen LogP contribution in [-0.2, 0) is 20.8 Å². The van der Waals surface area contributed by atoms with Gasteiger partial charge in [-0.05, 0) is 98.8 Å². The van der Waals surface area contributed by atoms with Crippen LogP contribution in [0.2, 0.25) is 0 Å². The molecule has 2 saturated carbocycles. The van der Waals surface area contributed by atoms with Gasteiger partial charge in [0.2, 0.25) is 5.91 Å². The zero-order valence-electron chi connectivity index (χ0n) is 22.9. The maximum absolute atomic E-state index is 12.8. The lowest BCUT2D eigenvalue weighted by Crippen LogP contribution is -2.44. The molecule has 204 valence electrons. The molecule has 1 heterocycles. The molecule has 1 aromatic heterocycles. The topological polar surface area (TPSA) is 89.9 Å². The number of nitrogens with zero attached hydrogens (tertiary/aromatic N) is 2. The van der Waals surface area contributed by atoms with Gasteiger partial charge in [-0.3, -0.25) is 9.59 Å². The molecule has 0 radical (unpaired) electrons. The first-order valence-electron chi connectivity index (χ1n) is 14.0. The monoisotopic (exact) mass is 537 g/mol. The average Bonchev–Trinajstić information content (AvgIpc) is 3.42. The van der Waals surface area contributed by atoms with Crippen LogP contribution >= 0.6 is 11.3 Å². The number of hydrogen-bond donors (Lipinski definition) is 1. The van der Waals surface area contributed by atoms with Gasteiger partial charge in [-0.2, -0.15) is 0 Å². The Hall–Kier alpha value is -2.74. The second kappa shape index (κ2) is 11.2. The predicted molar refractivity (Wildman–Crippen MR) is 150 cm³/mol. The third-order valence-corrected chi connectivity index (χ3v) is 9.90. The van der Waals surface area contributed by atoms with Gasteiger partial charge in [-0.25, -0.2) is 4.98 Å². The van der Waals surface area contributed by atoms with Crippen LogP contribution in [0.5, 0.6) is 5.75 Å². The van der Waals surface area contributed by atoms with Gasteiger partial charge in [-0.1, -0.05) is 25.1 Å². The number of ether oxygens (including phenoxy) is 1. The molecule has 2 fully saturated rings. The summed E-state index contributed by atoms with van der Waals surface area (Å²) in [4.78, 5) is 35.5. The lowest BCUT2D eigenvalue weighted by molar-refractivity contribution is -0.134. The molecule has 8 heteroatoms. The first-order chi connectivity index (χ1) is 18.3. The number of anilines is 1. The highest BCUT2D eigenvalue weighted by Gasteiger charge is 2.57. The fourth-order valence-corrected chi connectivity index (χ4v) is 8.20. The SMILES string of the molecule is CCCC(=O)Oc1ccc2c(c1)CCC1C2CC[C@]2(C)/C(=N/OC)C[C@@H](CCC(=O)Nc3ncc(C)s3)C12. The number of carbonyl (C=O) groups is 2. The highest BCUT2D eigenvalue weighted by Crippen LogP contribution is 2.62. The largest absolute Gasteiger partial charge is 0.427 e. The van der Waals surface area contributed by atoms with Crippen molar-refractivity contribution in [2.45, 2.75) is 84.5 Å². The summed E-state index contributed by atoms with van der Waals surface area (Å²) < 4.78 is 5.59. The molecular formula is C30H39N3O4S. The summed E-state index contributed by atoms with van der Waals surface area (Å²) >= 11 is 1.51. The van der Waals surface area contributed by atoms with Crippen molar-refractivity contribution >= 4 is 34.1 Å². The van der Waals surface area contributed by atoms with Crippen LogP contribution in [0.15, 0.2) is 29.6 Å². The van der Waals surface area contributed by atoms with Gasteiger partial charge in [0, 0.05) is 29.3 Å². The van der Waals surface area contributed by atoms with Crippen molar-refractivity contribution in [3.05, 3.63) is 40.4 Å². The summed E-state index contributed by atoms with van der Waals surface area (Å²) in [7, 11) is 1.63. The van der Waals surface area contributed by atoms with Crippen molar-refractivity contribution in [3.63, 3.8) is 0 Å². The van der Waals surface area contributed by atoms with E-state index in [1.54, 1.807) is 13.3 Å². The molecule has 1 aromatic carbocycles. The Morgan fingerprint density at radius 2 is 2.11 bits per heavy atom. The van der Waals surface area contributed by atoms with E-state index in [0.717, 1.165) is 55.5 Å². The van der Waals surface area contributed by atoms with Crippen LogP contribution < -0.4 is 10.1 Å². The summed E-state index contributed by atoms with van der Waals surface area (Å²) in [6.45, 7) is 6.35. The lowest BCUT2D eigenvalue weighted by Gasteiger charge is -2.50. The van der Waals surface area contributed by atoms with Gasteiger partial charge < -0.3 is 14.9 Å². The summed E-state index contributed by atoms with van der Waals surface area (Å²) in [6.07, 6.45) is 9.48. The molecule has 1 amide bonds. The van der Waals surface area contributed by atoms with Gasteiger partial charge >= 0.3 is 5.97 Å². The number of hydrogen-bond acceptors (Lipinski definition) is 7. The molecule has 3 aliphatic carbocycles. The minimum absolute atomic E-state index is 0.00212. The third-order valence-electron chi connectivity index (χ3n) is 9.07. The number of esters is 1. The van der Waals surface area contributed by atoms with E-state index in [2.05, 4.69) is 34.5 Å². The number of carbonyl (C=O) groups excluding carboxylic acids is 2. The van der Waals surface area contributed by atoms with E-state index in [1.807, 2.05) is 19.9 Å². The number of thiazole rings is 1. The summed E-state index contributed by atoms with van der Waals surface area (Å²) in [5.74, 6) is 2.40. The Bertz CT molecular complexity index is 1220. The molecule has 0 saturated heterocycles. The van der Waals surface area contributed by atoms with Crippen molar-refractivity contribution < 1.29 is 19.2 Å². The van der Waals surface area contributed by atoms with Gasteiger partial charge in [-0.15, -0.1) is 11.3 Å². The van der Waals surface area contributed by atoms with E-state index in [1.165, 1.54) is 22.5 Å².